The highest BCUT2D eigenvalue weighted by Crippen LogP contribution is 2.40. The van der Waals surface area contributed by atoms with E-state index >= 15 is 0 Å². The number of ether oxygens (including phenoxy) is 1. The molecule has 1 fully saturated rings. The molecule has 0 saturated carbocycles. The summed E-state index contributed by atoms with van der Waals surface area (Å²) in [5.41, 5.74) is -0.477. The minimum absolute atomic E-state index is 0.0382. The first-order chi connectivity index (χ1) is 11.0. The van der Waals surface area contributed by atoms with Gasteiger partial charge in [0.25, 0.3) is 5.56 Å². The highest BCUT2D eigenvalue weighted by Gasteiger charge is 2.45. The van der Waals surface area contributed by atoms with E-state index < -0.39 is 31.9 Å². The van der Waals surface area contributed by atoms with Crippen molar-refractivity contribution < 1.29 is 14.3 Å². The van der Waals surface area contributed by atoms with Crippen LogP contribution in [0.1, 0.15) is 39.0 Å². The van der Waals surface area contributed by atoms with Crippen LogP contribution in [0.25, 0.3) is 0 Å². The van der Waals surface area contributed by atoms with Crippen molar-refractivity contribution in [2.24, 2.45) is 0 Å². The molecule has 1 saturated heterocycles. The zero-order chi connectivity index (χ0) is 18.3. The minimum Gasteiger partial charge on any atom is -0.411 e. The van der Waals surface area contributed by atoms with Gasteiger partial charge in [-0.15, -0.1) is 0 Å². The van der Waals surface area contributed by atoms with Crippen molar-refractivity contribution in [2.75, 3.05) is 6.61 Å². The summed E-state index contributed by atoms with van der Waals surface area (Å²) < 4.78 is 13.6. The lowest BCUT2D eigenvalue weighted by molar-refractivity contribution is -0.0439. The van der Waals surface area contributed by atoms with E-state index in [2.05, 4.69) is 38.8 Å². The summed E-state index contributed by atoms with van der Waals surface area (Å²) in [6.07, 6.45) is 0.640. The highest BCUT2D eigenvalue weighted by atomic mass is 28.4. The molecule has 0 bridgehead atoms. The van der Waals surface area contributed by atoms with Gasteiger partial charge in [-0.05, 0) is 25.1 Å². The molecule has 1 aromatic heterocycles. The number of aromatic amines is 1. The third-order valence-electron chi connectivity index (χ3n) is 5.07. The lowest BCUT2D eigenvalue weighted by atomic mass is 10.2. The molecular formula is C16H28N2O5Si. The topological polar surface area (TPSA) is 93.6 Å². The maximum absolute atomic E-state index is 12.1. The van der Waals surface area contributed by atoms with E-state index in [4.69, 9.17) is 9.16 Å². The second kappa shape index (κ2) is 6.59. The van der Waals surface area contributed by atoms with Gasteiger partial charge in [-0.2, -0.15) is 0 Å². The summed E-state index contributed by atoms with van der Waals surface area (Å²) in [6, 6.07) is 0. The predicted octanol–water partition coefficient (Wildman–Crippen LogP) is 1.52. The fraction of sp³-hybridized carbons (Fsp3) is 0.750. The van der Waals surface area contributed by atoms with Gasteiger partial charge >= 0.3 is 5.69 Å². The van der Waals surface area contributed by atoms with Crippen molar-refractivity contribution in [3.05, 3.63) is 32.6 Å². The minimum atomic E-state index is -2.03. The molecule has 2 N–H and O–H groups in total. The Morgan fingerprint density at radius 1 is 1.42 bits per heavy atom. The molecule has 0 radical (unpaired) electrons. The van der Waals surface area contributed by atoms with Crippen LogP contribution in [0.15, 0.2) is 15.8 Å². The average molecular weight is 356 g/mol. The van der Waals surface area contributed by atoms with Crippen molar-refractivity contribution >= 4 is 8.32 Å². The summed E-state index contributed by atoms with van der Waals surface area (Å²) >= 11 is 0. The second-order valence-corrected chi connectivity index (χ2v) is 12.7. The first kappa shape index (κ1) is 19.1. The Balaban J connectivity index is 2.25. The van der Waals surface area contributed by atoms with E-state index in [9.17, 15) is 14.7 Å². The van der Waals surface area contributed by atoms with E-state index in [0.29, 0.717) is 12.0 Å². The van der Waals surface area contributed by atoms with Crippen LogP contribution >= 0.6 is 0 Å². The zero-order valence-electron chi connectivity index (χ0n) is 15.3. The van der Waals surface area contributed by atoms with Crippen molar-refractivity contribution in [1.29, 1.82) is 0 Å². The van der Waals surface area contributed by atoms with Crippen LogP contribution in [0, 0.1) is 6.92 Å². The van der Waals surface area contributed by atoms with Gasteiger partial charge in [0.05, 0.1) is 12.7 Å². The van der Waals surface area contributed by atoms with Crippen LogP contribution in [-0.4, -0.2) is 41.8 Å². The smallest absolute Gasteiger partial charge is 0.330 e. The van der Waals surface area contributed by atoms with Crippen LogP contribution in [0.5, 0.6) is 0 Å². The molecule has 1 aromatic rings. The Labute approximate surface area is 142 Å². The third-order valence-corrected chi connectivity index (χ3v) is 9.57. The first-order valence-electron chi connectivity index (χ1n) is 8.22. The highest BCUT2D eigenvalue weighted by molar-refractivity contribution is 6.74. The van der Waals surface area contributed by atoms with Crippen molar-refractivity contribution in [3.8, 4) is 0 Å². The van der Waals surface area contributed by atoms with Crippen LogP contribution in [0.3, 0.4) is 0 Å². The summed E-state index contributed by atoms with van der Waals surface area (Å²) in [5, 5.41) is 9.67. The largest absolute Gasteiger partial charge is 0.411 e. The Kier molecular flexibility index (Phi) is 5.24. The van der Waals surface area contributed by atoms with Crippen molar-refractivity contribution in [1.82, 2.24) is 9.55 Å². The molecular weight excluding hydrogens is 328 g/mol. The van der Waals surface area contributed by atoms with E-state index in [0.717, 1.165) is 0 Å². The van der Waals surface area contributed by atoms with Gasteiger partial charge in [-0.1, -0.05) is 20.8 Å². The predicted molar refractivity (Wildman–Crippen MR) is 93.7 cm³/mol. The normalized spacial score (nSPS) is 25.2. The molecule has 0 amide bonds. The summed E-state index contributed by atoms with van der Waals surface area (Å²) in [5.74, 6) is 0. The number of H-pyrrole nitrogens is 1. The van der Waals surface area contributed by atoms with Crippen LogP contribution in [-0.2, 0) is 9.16 Å². The van der Waals surface area contributed by atoms with E-state index in [1.807, 2.05) is 0 Å². The Bertz CT molecular complexity index is 704. The maximum atomic E-state index is 12.1. The number of nitrogens with zero attached hydrogens (tertiary/aromatic N) is 1. The number of hydrogen-bond acceptors (Lipinski definition) is 5. The molecule has 7 nitrogen and oxygen atoms in total. The monoisotopic (exact) mass is 356 g/mol. The van der Waals surface area contributed by atoms with Gasteiger partial charge in [0.2, 0.25) is 0 Å². The Morgan fingerprint density at radius 3 is 2.58 bits per heavy atom. The van der Waals surface area contributed by atoms with Crippen LogP contribution in [0.2, 0.25) is 18.1 Å². The van der Waals surface area contributed by atoms with Crippen LogP contribution < -0.4 is 11.2 Å². The Morgan fingerprint density at radius 2 is 2.04 bits per heavy atom. The number of aliphatic hydroxyl groups is 1. The third kappa shape index (κ3) is 3.71. The molecule has 2 heterocycles. The van der Waals surface area contributed by atoms with Gasteiger partial charge in [0, 0.05) is 18.2 Å². The van der Waals surface area contributed by atoms with Crippen molar-refractivity contribution in [3.63, 3.8) is 0 Å². The van der Waals surface area contributed by atoms with E-state index in [1.54, 1.807) is 6.92 Å². The summed E-state index contributed by atoms with van der Waals surface area (Å²) in [7, 11) is -2.03. The number of nitrogens with one attached hydrogen (secondary N) is 1. The van der Waals surface area contributed by atoms with Crippen LogP contribution in [0.4, 0.5) is 0 Å². The second-order valence-electron chi connectivity index (χ2n) is 7.94. The molecule has 8 heteroatoms. The molecule has 24 heavy (non-hydrogen) atoms. The van der Waals surface area contributed by atoms with E-state index in [1.165, 1.54) is 10.8 Å². The average Bonchev–Trinajstić information content (AvgIpc) is 2.83. The molecule has 0 aromatic carbocycles. The molecule has 0 spiro atoms. The first-order valence-corrected chi connectivity index (χ1v) is 11.1. The van der Waals surface area contributed by atoms with Crippen molar-refractivity contribution in [2.45, 2.75) is 70.7 Å². The molecule has 1 aliphatic heterocycles. The molecule has 2 rings (SSSR count). The quantitative estimate of drug-likeness (QED) is 0.798. The molecule has 136 valence electrons. The van der Waals surface area contributed by atoms with Gasteiger partial charge in [0.1, 0.15) is 12.3 Å². The standard InChI is InChI=1S/C16H28N2O5Si/c1-10-8-18(15(21)17-14(10)20)13-7-11(12(9-19)22-13)23-24(5,6)16(2,3)4/h8,11-13,19H,7,9H2,1-6H3,(H,17,20,21). The summed E-state index contributed by atoms with van der Waals surface area (Å²) in [4.78, 5) is 25.9. The lowest BCUT2D eigenvalue weighted by Crippen LogP contribution is -2.46. The Hall–Kier alpha value is -1.22. The number of aryl methyl sites for hydroxylation is 1. The van der Waals surface area contributed by atoms with Gasteiger partial charge in [-0.3, -0.25) is 14.3 Å². The molecule has 0 aliphatic carbocycles. The maximum Gasteiger partial charge on any atom is 0.330 e. The number of aromatic nitrogens is 2. The number of hydrogen-bond donors (Lipinski definition) is 2. The molecule has 3 atom stereocenters. The lowest BCUT2D eigenvalue weighted by Gasteiger charge is -2.39. The SMILES string of the molecule is Cc1cn(C2CC(O[Si](C)(C)C(C)(C)C)C(CO)O2)c(=O)[nH]c1=O. The summed E-state index contributed by atoms with van der Waals surface area (Å²) in [6.45, 7) is 12.2. The fourth-order valence-electron chi connectivity index (χ4n) is 2.51. The zero-order valence-corrected chi connectivity index (χ0v) is 16.3. The molecule has 1 aliphatic rings. The van der Waals surface area contributed by atoms with Gasteiger partial charge in [0.15, 0.2) is 8.32 Å². The number of rotatable bonds is 4. The van der Waals surface area contributed by atoms with E-state index in [-0.39, 0.29) is 17.7 Å². The molecule has 3 unspecified atom stereocenters. The van der Waals surface area contributed by atoms with Gasteiger partial charge < -0.3 is 14.3 Å². The van der Waals surface area contributed by atoms with Gasteiger partial charge in [-0.25, -0.2) is 4.79 Å². The fourth-order valence-corrected chi connectivity index (χ4v) is 3.87. The number of aliphatic hydroxyl groups excluding tert-OH is 1.